The van der Waals surface area contributed by atoms with Crippen molar-refractivity contribution in [2.45, 2.75) is 45.4 Å². The zero-order valence-electron chi connectivity index (χ0n) is 12.7. The number of rotatable bonds is 1. The number of hydrogen-bond acceptors (Lipinski definition) is 1. The van der Waals surface area contributed by atoms with Crippen LogP contribution in [-0.2, 0) is 0 Å². The van der Waals surface area contributed by atoms with Gasteiger partial charge in [-0.05, 0) is 54.3 Å². The van der Waals surface area contributed by atoms with Gasteiger partial charge in [0.15, 0.2) is 0 Å². The zero-order chi connectivity index (χ0) is 14.2. The lowest BCUT2D eigenvalue weighted by Gasteiger charge is -2.53. The van der Waals surface area contributed by atoms with Gasteiger partial charge in [0, 0.05) is 12.5 Å². The molecule has 1 aromatic carbocycles. The SMILES string of the molecule is CC1CCCC2(CCNCC2c2ccc(F)cc2)C1C. The molecule has 1 saturated heterocycles. The molecule has 0 amide bonds. The highest BCUT2D eigenvalue weighted by molar-refractivity contribution is 5.25. The molecule has 1 aliphatic heterocycles. The summed E-state index contributed by atoms with van der Waals surface area (Å²) < 4.78 is 13.2. The smallest absolute Gasteiger partial charge is 0.123 e. The fraction of sp³-hybridized carbons (Fsp3) is 0.667. The Balaban J connectivity index is 1.96. The minimum Gasteiger partial charge on any atom is -0.316 e. The molecule has 1 saturated carbocycles. The predicted molar refractivity (Wildman–Crippen MR) is 81.2 cm³/mol. The fourth-order valence-corrected chi connectivity index (χ4v) is 4.73. The van der Waals surface area contributed by atoms with Gasteiger partial charge in [0.25, 0.3) is 0 Å². The highest BCUT2D eigenvalue weighted by Crippen LogP contribution is 2.55. The second-order valence-electron chi connectivity index (χ2n) is 6.95. The van der Waals surface area contributed by atoms with Crippen molar-refractivity contribution >= 4 is 0 Å². The van der Waals surface area contributed by atoms with E-state index < -0.39 is 0 Å². The van der Waals surface area contributed by atoms with Gasteiger partial charge >= 0.3 is 0 Å². The van der Waals surface area contributed by atoms with Crippen molar-refractivity contribution in [2.24, 2.45) is 17.3 Å². The Kier molecular flexibility index (Phi) is 3.85. The topological polar surface area (TPSA) is 12.0 Å². The zero-order valence-corrected chi connectivity index (χ0v) is 12.7. The van der Waals surface area contributed by atoms with Crippen molar-refractivity contribution in [3.8, 4) is 0 Å². The standard InChI is InChI=1S/C18H26FN/c1-13-4-3-9-18(14(13)2)10-11-20-12-17(18)15-5-7-16(19)8-6-15/h5-8,13-14,17,20H,3-4,9-12H2,1-2H3. The van der Waals surface area contributed by atoms with E-state index in [-0.39, 0.29) is 5.82 Å². The van der Waals surface area contributed by atoms with E-state index in [1.807, 2.05) is 12.1 Å². The number of halogens is 1. The summed E-state index contributed by atoms with van der Waals surface area (Å²) in [6, 6.07) is 7.24. The minimum atomic E-state index is -0.128. The third-order valence-electron chi connectivity index (χ3n) is 6.14. The number of piperidine rings is 1. The monoisotopic (exact) mass is 275 g/mol. The highest BCUT2D eigenvalue weighted by Gasteiger charge is 2.48. The Bertz CT molecular complexity index is 451. The van der Waals surface area contributed by atoms with E-state index in [1.54, 1.807) is 12.1 Å². The number of hydrogen-bond donors (Lipinski definition) is 1. The van der Waals surface area contributed by atoms with Crippen LogP contribution in [0.1, 0.15) is 51.0 Å². The van der Waals surface area contributed by atoms with Crippen molar-refractivity contribution < 1.29 is 4.39 Å². The predicted octanol–water partition coefficient (Wildman–Crippen LogP) is 4.35. The van der Waals surface area contributed by atoms with Crippen molar-refractivity contribution in [1.82, 2.24) is 5.32 Å². The maximum absolute atomic E-state index is 13.2. The first-order valence-electron chi connectivity index (χ1n) is 8.10. The molecule has 1 spiro atoms. The largest absolute Gasteiger partial charge is 0.316 e. The Morgan fingerprint density at radius 3 is 2.65 bits per heavy atom. The van der Waals surface area contributed by atoms with Crippen LogP contribution >= 0.6 is 0 Å². The Morgan fingerprint density at radius 1 is 1.15 bits per heavy atom. The van der Waals surface area contributed by atoms with Gasteiger partial charge in [0.1, 0.15) is 5.82 Å². The summed E-state index contributed by atoms with van der Waals surface area (Å²) in [5, 5.41) is 3.56. The third kappa shape index (κ3) is 2.28. The third-order valence-corrected chi connectivity index (χ3v) is 6.14. The molecular formula is C18H26FN. The molecule has 2 heteroatoms. The van der Waals surface area contributed by atoms with Gasteiger partial charge in [-0.3, -0.25) is 0 Å². The first-order chi connectivity index (χ1) is 9.63. The molecule has 2 aliphatic rings. The molecule has 110 valence electrons. The molecule has 0 radical (unpaired) electrons. The first kappa shape index (κ1) is 14.1. The second-order valence-corrected chi connectivity index (χ2v) is 6.95. The summed E-state index contributed by atoms with van der Waals surface area (Å²) in [5.41, 5.74) is 1.74. The average Bonchev–Trinajstić information content (AvgIpc) is 2.46. The minimum absolute atomic E-state index is 0.128. The maximum atomic E-state index is 13.2. The van der Waals surface area contributed by atoms with Crippen LogP contribution in [0.25, 0.3) is 0 Å². The first-order valence-corrected chi connectivity index (χ1v) is 8.10. The van der Waals surface area contributed by atoms with Crippen LogP contribution in [0.2, 0.25) is 0 Å². The van der Waals surface area contributed by atoms with Crippen LogP contribution in [0.4, 0.5) is 4.39 Å². The lowest BCUT2D eigenvalue weighted by molar-refractivity contribution is 0.00901. The quantitative estimate of drug-likeness (QED) is 0.803. The van der Waals surface area contributed by atoms with Gasteiger partial charge in [0.2, 0.25) is 0 Å². The summed E-state index contributed by atoms with van der Waals surface area (Å²) >= 11 is 0. The van der Waals surface area contributed by atoms with Crippen molar-refractivity contribution in [3.63, 3.8) is 0 Å². The molecule has 1 nitrogen and oxygen atoms in total. The Labute approximate surface area is 122 Å². The summed E-state index contributed by atoms with van der Waals surface area (Å²) in [7, 11) is 0. The number of benzene rings is 1. The van der Waals surface area contributed by atoms with Crippen LogP contribution in [0.15, 0.2) is 24.3 Å². The summed E-state index contributed by atoms with van der Waals surface area (Å²) in [6.45, 7) is 7.04. The average molecular weight is 275 g/mol. The summed E-state index contributed by atoms with van der Waals surface area (Å²) in [6.07, 6.45) is 5.32. The van der Waals surface area contributed by atoms with E-state index in [9.17, 15) is 4.39 Å². The number of nitrogens with one attached hydrogen (secondary N) is 1. The van der Waals surface area contributed by atoms with Crippen LogP contribution in [0.3, 0.4) is 0 Å². The van der Waals surface area contributed by atoms with E-state index in [2.05, 4.69) is 19.2 Å². The van der Waals surface area contributed by atoms with Crippen LogP contribution in [0, 0.1) is 23.1 Å². The molecular weight excluding hydrogens is 249 g/mol. The van der Waals surface area contributed by atoms with Gasteiger partial charge < -0.3 is 5.32 Å². The van der Waals surface area contributed by atoms with E-state index in [4.69, 9.17) is 0 Å². The molecule has 20 heavy (non-hydrogen) atoms. The summed E-state index contributed by atoms with van der Waals surface area (Å²) in [5.74, 6) is 1.98. The second kappa shape index (κ2) is 5.48. The van der Waals surface area contributed by atoms with Crippen LogP contribution < -0.4 is 5.32 Å². The van der Waals surface area contributed by atoms with E-state index in [0.717, 1.165) is 24.9 Å². The van der Waals surface area contributed by atoms with Gasteiger partial charge in [-0.15, -0.1) is 0 Å². The Morgan fingerprint density at radius 2 is 1.90 bits per heavy atom. The molecule has 2 fully saturated rings. The van der Waals surface area contributed by atoms with Crippen molar-refractivity contribution in [1.29, 1.82) is 0 Å². The van der Waals surface area contributed by atoms with Gasteiger partial charge in [-0.25, -0.2) is 4.39 Å². The molecule has 1 aliphatic carbocycles. The van der Waals surface area contributed by atoms with Crippen molar-refractivity contribution in [3.05, 3.63) is 35.6 Å². The molecule has 3 rings (SSSR count). The van der Waals surface area contributed by atoms with Gasteiger partial charge in [-0.2, -0.15) is 0 Å². The lowest BCUT2D eigenvalue weighted by atomic mass is 9.53. The van der Waals surface area contributed by atoms with E-state index >= 15 is 0 Å². The molecule has 1 N–H and O–H groups in total. The van der Waals surface area contributed by atoms with Crippen LogP contribution in [-0.4, -0.2) is 13.1 Å². The summed E-state index contributed by atoms with van der Waals surface area (Å²) in [4.78, 5) is 0. The highest BCUT2D eigenvalue weighted by atomic mass is 19.1. The van der Waals surface area contributed by atoms with Gasteiger partial charge in [0.05, 0.1) is 0 Å². The van der Waals surface area contributed by atoms with Gasteiger partial charge in [-0.1, -0.05) is 38.8 Å². The lowest BCUT2D eigenvalue weighted by Crippen LogP contribution is -2.50. The van der Waals surface area contributed by atoms with Crippen LogP contribution in [0.5, 0.6) is 0 Å². The molecule has 0 aromatic heterocycles. The molecule has 1 heterocycles. The Hall–Kier alpha value is -0.890. The maximum Gasteiger partial charge on any atom is 0.123 e. The molecule has 0 bridgehead atoms. The van der Waals surface area contributed by atoms with E-state index in [0.29, 0.717) is 11.3 Å². The molecule has 1 aromatic rings. The normalized spacial score (nSPS) is 38.0. The molecule has 4 atom stereocenters. The van der Waals surface area contributed by atoms with Crippen molar-refractivity contribution in [2.75, 3.05) is 13.1 Å². The fourth-order valence-electron chi connectivity index (χ4n) is 4.73. The molecule has 4 unspecified atom stereocenters. The van der Waals surface area contributed by atoms with E-state index in [1.165, 1.54) is 31.2 Å².